The Kier molecular flexibility index (Phi) is 5.56. The maximum absolute atomic E-state index is 12.7. The predicted molar refractivity (Wildman–Crippen MR) is 91.3 cm³/mol. The number of aromatic nitrogens is 4. The van der Waals surface area contributed by atoms with E-state index in [1.54, 1.807) is 0 Å². The number of aromatic amines is 1. The molecule has 24 heavy (non-hydrogen) atoms. The van der Waals surface area contributed by atoms with Crippen molar-refractivity contribution >= 4 is 5.91 Å². The number of nitrogens with zero attached hydrogens (tertiary/aromatic N) is 4. The summed E-state index contributed by atoms with van der Waals surface area (Å²) in [6.45, 7) is 3.60. The van der Waals surface area contributed by atoms with Gasteiger partial charge < -0.3 is 4.90 Å². The van der Waals surface area contributed by atoms with Crippen molar-refractivity contribution in [1.29, 1.82) is 0 Å². The van der Waals surface area contributed by atoms with E-state index in [4.69, 9.17) is 0 Å². The molecule has 3 rings (SSSR count). The van der Waals surface area contributed by atoms with E-state index in [-0.39, 0.29) is 17.7 Å². The van der Waals surface area contributed by atoms with E-state index in [0.29, 0.717) is 6.54 Å². The van der Waals surface area contributed by atoms with Gasteiger partial charge in [-0.1, -0.05) is 42.5 Å². The number of hydrogen-bond donors (Lipinski definition) is 1. The Morgan fingerprint density at radius 2 is 2.21 bits per heavy atom. The number of H-pyrrole nitrogens is 1. The second-order valence-corrected chi connectivity index (χ2v) is 6.67. The zero-order valence-electron chi connectivity index (χ0n) is 14.2. The molecule has 2 heterocycles. The van der Waals surface area contributed by atoms with Gasteiger partial charge in [-0.2, -0.15) is 5.21 Å². The molecule has 1 N–H and O–H groups in total. The SMILES string of the molecule is C[C@@H](CCCc1ccccc1)C(=O)N1CCC[C@@H](c2nn[nH]n2)C1. The fraction of sp³-hybridized carbons (Fsp3) is 0.556. The number of aryl methyl sites for hydroxylation is 1. The first-order valence-electron chi connectivity index (χ1n) is 8.80. The van der Waals surface area contributed by atoms with Crippen LogP contribution in [0.4, 0.5) is 0 Å². The molecule has 1 aromatic carbocycles. The third kappa shape index (κ3) is 4.19. The van der Waals surface area contributed by atoms with Gasteiger partial charge in [-0.3, -0.25) is 4.79 Å². The van der Waals surface area contributed by atoms with Gasteiger partial charge in [0.2, 0.25) is 5.91 Å². The zero-order chi connectivity index (χ0) is 16.8. The van der Waals surface area contributed by atoms with Crippen molar-refractivity contribution in [3.8, 4) is 0 Å². The monoisotopic (exact) mass is 327 g/mol. The number of nitrogens with one attached hydrogen (secondary N) is 1. The van der Waals surface area contributed by atoms with Crippen LogP contribution in [0.25, 0.3) is 0 Å². The molecule has 128 valence electrons. The Bertz CT molecular complexity index is 628. The highest BCUT2D eigenvalue weighted by atomic mass is 16.2. The number of carbonyl (C=O) groups is 1. The number of carbonyl (C=O) groups excluding carboxylic acids is 1. The molecule has 0 aliphatic carbocycles. The lowest BCUT2D eigenvalue weighted by Crippen LogP contribution is -2.42. The lowest BCUT2D eigenvalue weighted by molar-refractivity contribution is -0.136. The normalized spacial score (nSPS) is 19.2. The fourth-order valence-electron chi connectivity index (χ4n) is 3.42. The van der Waals surface area contributed by atoms with Crippen LogP contribution in [0.5, 0.6) is 0 Å². The maximum atomic E-state index is 12.7. The van der Waals surface area contributed by atoms with E-state index >= 15 is 0 Å². The summed E-state index contributed by atoms with van der Waals surface area (Å²) in [5.74, 6) is 1.26. The van der Waals surface area contributed by atoms with Gasteiger partial charge in [0.05, 0.1) is 0 Å². The molecule has 1 fully saturated rings. The topological polar surface area (TPSA) is 74.8 Å². The number of tetrazole rings is 1. The average Bonchev–Trinajstić information content (AvgIpc) is 3.17. The summed E-state index contributed by atoms with van der Waals surface area (Å²) in [7, 11) is 0. The number of hydrogen-bond acceptors (Lipinski definition) is 4. The van der Waals surface area contributed by atoms with Gasteiger partial charge >= 0.3 is 0 Å². The molecule has 0 unspecified atom stereocenters. The molecule has 2 atom stereocenters. The van der Waals surface area contributed by atoms with Gasteiger partial charge in [-0.05, 0) is 37.7 Å². The van der Waals surface area contributed by atoms with Crippen molar-refractivity contribution in [2.24, 2.45) is 5.92 Å². The van der Waals surface area contributed by atoms with Gasteiger partial charge in [-0.15, -0.1) is 10.2 Å². The van der Waals surface area contributed by atoms with Crippen molar-refractivity contribution in [2.75, 3.05) is 13.1 Å². The Morgan fingerprint density at radius 1 is 1.38 bits per heavy atom. The molecule has 1 aliphatic heterocycles. The first-order valence-corrected chi connectivity index (χ1v) is 8.80. The predicted octanol–water partition coefficient (Wildman–Crippen LogP) is 2.56. The van der Waals surface area contributed by atoms with E-state index in [2.05, 4.69) is 44.9 Å². The highest BCUT2D eigenvalue weighted by Crippen LogP contribution is 2.25. The Labute approximate surface area is 142 Å². The van der Waals surface area contributed by atoms with Gasteiger partial charge in [0.1, 0.15) is 0 Å². The van der Waals surface area contributed by atoms with Crippen LogP contribution in [0, 0.1) is 5.92 Å². The second-order valence-electron chi connectivity index (χ2n) is 6.67. The van der Waals surface area contributed by atoms with E-state index in [1.165, 1.54) is 5.56 Å². The fourth-order valence-corrected chi connectivity index (χ4v) is 3.42. The van der Waals surface area contributed by atoms with Crippen molar-refractivity contribution in [3.05, 3.63) is 41.7 Å². The summed E-state index contributed by atoms with van der Waals surface area (Å²) >= 11 is 0. The van der Waals surface area contributed by atoms with Gasteiger partial charge in [0.15, 0.2) is 5.82 Å². The molecule has 0 radical (unpaired) electrons. The van der Waals surface area contributed by atoms with Crippen molar-refractivity contribution in [3.63, 3.8) is 0 Å². The van der Waals surface area contributed by atoms with E-state index in [9.17, 15) is 4.79 Å². The van der Waals surface area contributed by atoms with Crippen molar-refractivity contribution in [2.45, 2.75) is 44.9 Å². The molecule has 6 heteroatoms. The van der Waals surface area contributed by atoms with Crippen LogP contribution in [0.2, 0.25) is 0 Å². The minimum atomic E-state index is 0.0673. The first-order chi connectivity index (χ1) is 11.7. The second kappa shape index (κ2) is 8.04. The quantitative estimate of drug-likeness (QED) is 0.885. The molecule has 1 aliphatic rings. The number of amides is 1. The lowest BCUT2D eigenvalue weighted by atomic mass is 9.94. The van der Waals surface area contributed by atoms with Crippen LogP contribution in [-0.4, -0.2) is 44.5 Å². The third-order valence-corrected chi connectivity index (χ3v) is 4.83. The van der Waals surface area contributed by atoms with Gasteiger partial charge in [-0.25, -0.2) is 0 Å². The maximum Gasteiger partial charge on any atom is 0.225 e. The van der Waals surface area contributed by atoms with Gasteiger partial charge in [0, 0.05) is 24.9 Å². The lowest BCUT2D eigenvalue weighted by Gasteiger charge is -2.33. The van der Waals surface area contributed by atoms with Crippen molar-refractivity contribution < 1.29 is 4.79 Å². The molecule has 0 spiro atoms. The molecule has 0 bridgehead atoms. The number of rotatable bonds is 6. The van der Waals surface area contributed by atoms with E-state index in [0.717, 1.165) is 44.5 Å². The smallest absolute Gasteiger partial charge is 0.225 e. The minimum Gasteiger partial charge on any atom is -0.342 e. The number of benzene rings is 1. The standard InChI is InChI=1S/C18H25N5O/c1-14(7-5-10-15-8-3-2-4-9-15)18(24)23-12-6-11-16(13-23)17-19-21-22-20-17/h2-4,8-9,14,16H,5-7,10-13H2,1H3,(H,19,20,21,22)/t14-,16+/m0/s1. The highest BCUT2D eigenvalue weighted by Gasteiger charge is 2.29. The zero-order valence-corrected chi connectivity index (χ0v) is 14.2. The average molecular weight is 327 g/mol. The summed E-state index contributed by atoms with van der Waals surface area (Å²) in [5, 5.41) is 14.3. The summed E-state index contributed by atoms with van der Waals surface area (Å²) < 4.78 is 0. The molecular formula is C18H25N5O. The molecule has 0 saturated carbocycles. The van der Waals surface area contributed by atoms with Crippen LogP contribution in [0.1, 0.15) is 49.9 Å². The minimum absolute atomic E-state index is 0.0673. The largest absolute Gasteiger partial charge is 0.342 e. The summed E-state index contributed by atoms with van der Waals surface area (Å²) in [6, 6.07) is 10.5. The Hall–Kier alpha value is -2.24. The molecule has 1 aromatic heterocycles. The van der Waals surface area contributed by atoms with Crippen LogP contribution >= 0.6 is 0 Å². The van der Waals surface area contributed by atoms with Crippen molar-refractivity contribution in [1.82, 2.24) is 25.5 Å². The van der Waals surface area contributed by atoms with Crippen LogP contribution in [-0.2, 0) is 11.2 Å². The summed E-state index contributed by atoms with van der Waals surface area (Å²) in [6.07, 6.45) is 5.02. The Morgan fingerprint density at radius 3 is 2.96 bits per heavy atom. The van der Waals surface area contributed by atoms with Gasteiger partial charge in [0.25, 0.3) is 0 Å². The van der Waals surface area contributed by atoms with Crippen LogP contribution < -0.4 is 0 Å². The number of likely N-dealkylation sites (tertiary alicyclic amines) is 1. The number of piperidine rings is 1. The molecular weight excluding hydrogens is 302 g/mol. The molecule has 1 amide bonds. The van der Waals surface area contributed by atoms with Crippen LogP contribution in [0.15, 0.2) is 30.3 Å². The summed E-state index contributed by atoms with van der Waals surface area (Å²) in [4.78, 5) is 14.7. The third-order valence-electron chi connectivity index (χ3n) is 4.83. The molecule has 1 saturated heterocycles. The van der Waals surface area contributed by atoms with E-state index in [1.807, 2.05) is 17.9 Å². The van der Waals surface area contributed by atoms with Crippen LogP contribution in [0.3, 0.4) is 0 Å². The first kappa shape index (κ1) is 16.6. The Balaban J connectivity index is 1.48. The summed E-state index contributed by atoms with van der Waals surface area (Å²) in [5.41, 5.74) is 1.34. The highest BCUT2D eigenvalue weighted by molar-refractivity contribution is 5.78. The molecule has 2 aromatic rings. The van der Waals surface area contributed by atoms with E-state index < -0.39 is 0 Å². The molecule has 6 nitrogen and oxygen atoms in total.